The largest absolute Gasteiger partial charge is 0.458 e. The molecule has 2 heterocycles. The van der Waals surface area contributed by atoms with Crippen LogP contribution in [0.4, 0.5) is 0 Å². The number of ketones is 1. The van der Waals surface area contributed by atoms with Crippen molar-refractivity contribution >= 4 is 23.5 Å². The average Bonchev–Trinajstić information content (AvgIpc) is 3.19. The number of carbonyl (C=O) groups is 2. The molecule has 30 heavy (non-hydrogen) atoms. The van der Waals surface area contributed by atoms with E-state index >= 15 is 0 Å². The molecule has 0 N–H and O–H groups in total. The number of ether oxygens (including phenoxy) is 2. The number of fused-ring (bicyclic) bond motifs is 4. The molecule has 4 aliphatic carbocycles. The summed E-state index contributed by atoms with van der Waals surface area (Å²) in [5.41, 5.74) is 0.980. The molecule has 0 bridgehead atoms. The third-order valence-electron chi connectivity index (χ3n) is 10.2. The van der Waals surface area contributed by atoms with E-state index in [1.165, 1.54) is 12.0 Å². The van der Waals surface area contributed by atoms with Crippen LogP contribution in [0, 0.1) is 22.7 Å². The highest BCUT2D eigenvalue weighted by Crippen LogP contribution is 2.78. The summed E-state index contributed by atoms with van der Waals surface area (Å²) in [5, 5.41) is 0.497. The summed E-state index contributed by atoms with van der Waals surface area (Å²) in [6.07, 6.45) is 10.6. The normalized spacial score (nSPS) is 53.5. The second kappa shape index (κ2) is 6.15. The van der Waals surface area contributed by atoms with Gasteiger partial charge in [0.05, 0.1) is 6.10 Å². The number of hydrogen-bond donors (Lipinski definition) is 0. The van der Waals surface area contributed by atoms with Gasteiger partial charge in [-0.15, -0.1) is 0 Å². The number of carbonyl (C=O) groups excluding carboxylic acids is 2. The summed E-state index contributed by atoms with van der Waals surface area (Å²) in [7, 11) is 0. The van der Waals surface area contributed by atoms with E-state index in [2.05, 4.69) is 32.5 Å². The zero-order valence-corrected chi connectivity index (χ0v) is 19.3. The molecule has 0 aromatic heterocycles. The summed E-state index contributed by atoms with van der Waals surface area (Å²) >= 11 is 2.10. The molecule has 164 valence electrons. The minimum atomic E-state index is -0.271. The van der Waals surface area contributed by atoms with Crippen LogP contribution in [-0.2, 0) is 19.1 Å². The Morgan fingerprint density at radius 3 is 2.73 bits per heavy atom. The summed E-state index contributed by atoms with van der Waals surface area (Å²) in [6, 6.07) is 0. The van der Waals surface area contributed by atoms with E-state index in [0.717, 1.165) is 44.3 Å². The van der Waals surface area contributed by atoms with Crippen LogP contribution >= 0.6 is 11.8 Å². The van der Waals surface area contributed by atoms with Crippen molar-refractivity contribution in [3.8, 4) is 0 Å². The fourth-order valence-electron chi connectivity index (χ4n) is 8.67. The highest BCUT2D eigenvalue weighted by molar-refractivity contribution is 7.99. The van der Waals surface area contributed by atoms with E-state index in [1.54, 1.807) is 0 Å². The molecule has 0 aromatic carbocycles. The van der Waals surface area contributed by atoms with Crippen molar-refractivity contribution in [1.29, 1.82) is 0 Å². The topological polar surface area (TPSA) is 55.9 Å². The van der Waals surface area contributed by atoms with Crippen molar-refractivity contribution in [1.82, 2.24) is 0 Å². The summed E-state index contributed by atoms with van der Waals surface area (Å²) in [6.45, 7) is 7.06. The molecule has 6 rings (SSSR count). The van der Waals surface area contributed by atoms with Crippen LogP contribution in [-0.4, -0.2) is 40.1 Å². The first-order valence-electron chi connectivity index (χ1n) is 12.0. The molecule has 2 aliphatic heterocycles. The molecular weight excluding hydrogens is 396 g/mol. The van der Waals surface area contributed by atoms with Crippen molar-refractivity contribution in [2.75, 3.05) is 5.75 Å². The molecule has 0 amide bonds. The lowest BCUT2D eigenvalue weighted by molar-refractivity contribution is -0.164. The summed E-state index contributed by atoms with van der Waals surface area (Å²) in [4.78, 5) is 24.5. The Morgan fingerprint density at radius 1 is 1.17 bits per heavy atom. The van der Waals surface area contributed by atoms with Crippen molar-refractivity contribution in [3.63, 3.8) is 0 Å². The first-order valence-corrected chi connectivity index (χ1v) is 13.1. The van der Waals surface area contributed by atoms with Gasteiger partial charge in [0.15, 0.2) is 5.78 Å². The van der Waals surface area contributed by atoms with Crippen LogP contribution in [0.5, 0.6) is 0 Å². The Bertz CT molecular complexity index is 852. The molecule has 5 fully saturated rings. The Hall–Kier alpha value is -0.810. The zero-order chi connectivity index (χ0) is 20.9. The van der Waals surface area contributed by atoms with Gasteiger partial charge in [-0.05, 0) is 62.7 Å². The van der Waals surface area contributed by atoms with E-state index in [9.17, 15) is 9.59 Å². The standard InChI is InChI=1S/C25H34O4S/c1-4-11-30-18-13-15-12-16(26)5-8-22(15,2)25-19(28-25)14-23(3)17(21(18)25)6-9-24(23)10-7-20(27)29-24/h12,17-19,21H,4-11,13-14H2,1-3H3/t17?,18-,19+,21?,22+,23+,24-,25?/m1/s1. The minimum Gasteiger partial charge on any atom is -0.458 e. The van der Waals surface area contributed by atoms with Gasteiger partial charge < -0.3 is 9.47 Å². The highest BCUT2D eigenvalue weighted by Gasteiger charge is 2.82. The quantitative estimate of drug-likeness (QED) is 0.473. The minimum absolute atomic E-state index is 0.00560. The number of rotatable bonds is 3. The molecule has 0 radical (unpaired) electrons. The van der Waals surface area contributed by atoms with Gasteiger partial charge in [-0.2, -0.15) is 11.8 Å². The Balaban J connectivity index is 1.45. The van der Waals surface area contributed by atoms with Gasteiger partial charge in [0.2, 0.25) is 0 Å². The van der Waals surface area contributed by atoms with Crippen LogP contribution in [0.25, 0.3) is 0 Å². The SMILES string of the molecule is CCCS[C@@H]1CC2=CC(=O)CC[C@]2(C)C23O[C@H]2C[C@@]2(C)C(CC[C@@]24CCC(=O)O4)C13. The van der Waals surface area contributed by atoms with E-state index < -0.39 is 0 Å². The molecule has 3 unspecified atom stereocenters. The van der Waals surface area contributed by atoms with Gasteiger partial charge >= 0.3 is 5.97 Å². The van der Waals surface area contributed by atoms with Crippen LogP contribution in [0.15, 0.2) is 11.6 Å². The molecule has 5 heteroatoms. The van der Waals surface area contributed by atoms with Crippen molar-refractivity contribution in [2.45, 2.75) is 101 Å². The van der Waals surface area contributed by atoms with E-state index in [1.807, 2.05) is 6.08 Å². The smallest absolute Gasteiger partial charge is 0.306 e. The molecule has 4 nitrogen and oxygen atoms in total. The van der Waals surface area contributed by atoms with Crippen molar-refractivity contribution < 1.29 is 19.1 Å². The molecule has 0 aromatic rings. The monoisotopic (exact) mass is 430 g/mol. The fraction of sp³-hybridized carbons (Fsp3) is 0.840. The number of hydrogen-bond acceptors (Lipinski definition) is 5. The van der Waals surface area contributed by atoms with Gasteiger partial charge in [-0.1, -0.05) is 26.3 Å². The van der Waals surface area contributed by atoms with Gasteiger partial charge in [-0.25, -0.2) is 0 Å². The molecule has 2 spiro atoms. The summed E-state index contributed by atoms with van der Waals surface area (Å²) < 4.78 is 12.9. The van der Waals surface area contributed by atoms with Crippen molar-refractivity contribution in [3.05, 3.63) is 11.6 Å². The Morgan fingerprint density at radius 2 is 2.00 bits per heavy atom. The molecule has 2 saturated heterocycles. The number of esters is 1. The lowest BCUT2D eigenvalue weighted by Crippen LogP contribution is -2.63. The fourth-order valence-corrected chi connectivity index (χ4v) is 10.1. The zero-order valence-electron chi connectivity index (χ0n) is 18.5. The Kier molecular flexibility index (Phi) is 4.07. The van der Waals surface area contributed by atoms with Crippen LogP contribution in [0.3, 0.4) is 0 Å². The first-order chi connectivity index (χ1) is 14.3. The molecular formula is C25H34O4S. The van der Waals surface area contributed by atoms with Gasteiger partial charge in [0.1, 0.15) is 11.2 Å². The van der Waals surface area contributed by atoms with E-state index in [0.29, 0.717) is 35.7 Å². The van der Waals surface area contributed by atoms with Gasteiger partial charge in [-0.3, -0.25) is 9.59 Å². The predicted octanol–water partition coefficient (Wildman–Crippen LogP) is 4.85. The maximum absolute atomic E-state index is 12.3. The second-order valence-corrected chi connectivity index (χ2v) is 12.6. The lowest BCUT2D eigenvalue weighted by Gasteiger charge is -2.59. The van der Waals surface area contributed by atoms with Crippen LogP contribution in [0.1, 0.15) is 78.6 Å². The predicted molar refractivity (Wildman–Crippen MR) is 116 cm³/mol. The van der Waals surface area contributed by atoms with Gasteiger partial charge in [0.25, 0.3) is 0 Å². The average molecular weight is 431 g/mol. The van der Waals surface area contributed by atoms with Crippen molar-refractivity contribution in [2.24, 2.45) is 22.7 Å². The maximum Gasteiger partial charge on any atom is 0.306 e. The molecule has 3 saturated carbocycles. The second-order valence-electron chi connectivity index (χ2n) is 11.2. The number of thioether (sulfide) groups is 1. The number of epoxide rings is 1. The van der Waals surface area contributed by atoms with Crippen LogP contribution in [0.2, 0.25) is 0 Å². The van der Waals surface area contributed by atoms with E-state index in [-0.39, 0.29) is 34.1 Å². The van der Waals surface area contributed by atoms with Gasteiger partial charge in [0, 0.05) is 34.8 Å². The van der Waals surface area contributed by atoms with Crippen LogP contribution < -0.4 is 0 Å². The third-order valence-corrected chi connectivity index (χ3v) is 11.7. The third kappa shape index (κ3) is 2.19. The molecule has 6 aliphatic rings. The summed E-state index contributed by atoms with van der Waals surface area (Å²) in [5.74, 6) is 2.48. The lowest BCUT2D eigenvalue weighted by atomic mass is 9.46. The highest BCUT2D eigenvalue weighted by atomic mass is 32.2. The van der Waals surface area contributed by atoms with E-state index in [4.69, 9.17) is 9.47 Å². The maximum atomic E-state index is 12.3. The Labute approximate surface area is 183 Å². The first kappa shape index (κ1) is 19.8. The molecule has 8 atom stereocenters.